The lowest BCUT2D eigenvalue weighted by Crippen LogP contribution is -2.55. The van der Waals surface area contributed by atoms with Gasteiger partial charge in [0.15, 0.2) is 0 Å². The average molecular weight is 833 g/mol. The van der Waals surface area contributed by atoms with E-state index in [-0.39, 0.29) is 11.5 Å². The molecule has 5 heterocycles. The molecule has 3 aromatic carbocycles. The molecule has 11 heteroatoms. The Balaban J connectivity index is 0.832. The highest BCUT2D eigenvalue weighted by Gasteiger charge is 2.30. The van der Waals surface area contributed by atoms with E-state index in [1.807, 2.05) is 12.4 Å². The number of piperidine rings is 1. The molecule has 0 aliphatic carbocycles. The predicted molar refractivity (Wildman–Crippen MR) is 258 cm³/mol. The lowest BCUT2D eigenvalue weighted by molar-refractivity contribution is 0.200. The Labute approximate surface area is 368 Å². The van der Waals surface area contributed by atoms with Crippen LogP contribution in [0.2, 0.25) is 0 Å². The van der Waals surface area contributed by atoms with Gasteiger partial charge >= 0.3 is 0 Å². The highest BCUT2D eigenvalue weighted by atomic mass is 16.5. The lowest BCUT2D eigenvalue weighted by Gasteiger charge is -2.45. The number of hydrogen-bond donors (Lipinski definition) is 3. The van der Waals surface area contributed by atoms with Crippen LogP contribution in [0.1, 0.15) is 44.7 Å². The number of piperazine rings is 1. The normalized spacial score (nSPS) is 17.4. The molecule has 3 N–H and O–H groups in total. The summed E-state index contributed by atoms with van der Waals surface area (Å²) in [5.74, 6) is 1.95. The van der Waals surface area contributed by atoms with E-state index >= 15 is 0 Å². The van der Waals surface area contributed by atoms with Crippen molar-refractivity contribution in [2.24, 2.45) is 11.3 Å². The highest BCUT2D eigenvalue weighted by Crippen LogP contribution is 2.36. The SMILES string of the molecule is C=CNCCOc1ncc(-c2ccc3cnc(Nc4ccc(N5CC(CN6CCN(c7cccc(N(C)C8CCC(=C)NC8=C)c7)CC6)C5)cc4)nc3c2)c(C)c1CC(C)(C)C. The largest absolute Gasteiger partial charge is 0.476 e. The molecule has 1 unspecified atom stereocenters. The summed E-state index contributed by atoms with van der Waals surface area (Å²) in [5, 5.41) is 10.9. The van der Waals surface area contributed by atoms with E-state index in [1.165, 1.54) is 22.6 Å². The Kier molecular flexibility index (Phi) is 12.7. The molecule has 11 nitrogen and oxygen atoms in total. The van der Waals surface area contributed by atoms with Crippen LogP contribution in [0, 0.1) is 18.3 Å². The standard InChI is InChI=1S/C51H64N10O/c1-9-52-21-26-62-49-45(29-51(5,6)7)36(3)46(31-53-49)39-14-15-40-30-54-50(57-47(40)27-39)56-41-16-18-42(19-17-41)61-33-38(34-61)32-59-22-24-60(25-23-59)44-12-10-11-43(28-44)58(8)48-20-13-35(2)55-37(48)4/h9-12,14-19,27-28,30-31,38,48,52,55H,1-2,4,13,20-26,29,32-34H2,3,5-8H3,(H,54,56,57). The van der Waals surface area contributed by atoms with Gasteiger partial charge in [0.2, 0.25) is 11.8 Å². The summed E-state index contributed by atoms with van der Waals surface area (Å²) < 4.78 is 6.14. The molecular formula is C51H64N10O. The fourth-order valence-electron chi connectivity index (χ4n) is 9.04. The zero-order chi connectivity index (χ0) is 43.4. The third-order valence-corrected chi connectivity index (χ3v) is 12.5. The van der Waals surface area contributed by atoms with Gasteiger partial charge in [0, 0.05) is 128 Å². The fourth-order valence-corrected chi connectivity index (χ4v) is 9.04. The first-order chi connectivity index (χ1) is 29.9. The molecular weight excluding hydrogens is 769 g/mol. The van der Waals surface area contributed by atoms with Gasteiger partial charge in [-0.1, -0.05) is 58.7 Å². The van der Waals surface area contributed by atoms with E-state index in [2.05, 4.69) is 162 Å². The van der Waals surface area contributed by atoms with Gasteiger partial charge in [-0.2, -0.15) is 0 Å². The van der Waals surface area contributed by atoms with Crippen molar-refractivity contribution in [3.63, 3.8) is 0 Å². The maximum Gasteiger partial charge on any atom is 0.227 e. The Bertz CT molecular complexity index is 2390. The minimum Gasteiger partial charge on any atom is -0.476 e. The van der Waals surface area contributed by atoms with Gasteiger partial charge in [-0.3, -0.25) is 4.90 Å². The fraction of sp³-hybridized carbons (Fsp3) is 0.392. The highest BCUT2D eigenvalue weighted by molar-refractivity contribution is 5.85. The molecule has 0 spiro atoms. The monoisotopic (exact) mass is 833 g/mol. The lowest BCUT2D eigenvalue weighted by atomic mass is 9.85. The van der Waals surface area contributed by atoms with E-state index in [1.54, 1.807) is 6.20 Å². The van der Waals surface area contributed by atoms with Crippen molar-refractivity contribution in [1.82, 2.24) is 30.5 Å². The molecule has 0 radical (unpaired) electrons. The molecule has 0 saturated carbocycles. The van der Waals surface area contributed by atoms with E-state index in [0.717, 1.165) is 110 Å². The molecule has 8 rings (SSSR count). The molecule has 1 atom stereocenters. The van der Waals surface area contributed by atoms with Crippen molar-refractivity contribution < 1.29 is 4.74 Å². The second-order valence-corrected chi connectivity index (χ2v) is 18.5. The number of likely N-dealkylation sites (N-methyl/N-ethyl adjacent to an activating group) is 1. The number of nitrogens with zero attached hydrogens (tertiary/aromatic N) is 7. The van der Waals surface area contributed by atoms with Gasteiger partial charge in [-0.05, 0) is 97.5 Å². The minimum absolute atomic E-state index is 0.0703. The number of fused-ring (bicyclic) bond motifs is 1. The Morgan fingerprint density at radius 1 is 0.935 bits per heavy atom. The molecule has 3 aliphatic rings. The summed E-state index contributed by atoms with van der Waals surface area (Å²) in [6.07, 6.45) is 8.36. The second-order valence-electron chi connectivity index (χ2n) is 18.5. The third kappa shape index (κ3) is 10.00. The summed E-state index contributed by atoms with van der Waals surface area (Å²) in [6.45, 7) is 29.8. The molecule has 324 valence electrons. The Hall–Kier alpha value is -6.07. The van der Waals surface area contributed by atoms with Crippen LogP contribution < -0.4 is 35.4 Å². The van der Waals surface area contributed by atoms with Crippen LogP contribution in [0.3, 0.4) is 0 Å². The van der Waals surface area contributed by atoms with Crippen molar-refractivity contribution in [3.8, 4) is 17.0 Å². The predicted octanol–water partition coefficient (Wildman–Crippen LogP) is 8.92. The Morgan fingerprint density at radius 3 is 2.47 bits per heavy atom. The third-order valence-electron chi connectivity index (χ3n) is 12.5. The quantitative estimate of drug-likeness (QED) is 0.0883. The molecule has 5 aromatic rings. The van der Waals surface area contributed by atoms with Crippen LogP contribution >= 0.6 is 0 Å². The van der Waals surface area contributed by atoms with Crippen LogP contribution in [0.25, 0.3) is 22.0 Å². The zero-order valence-electron chi connectivity index (χ0n) is 37.4. The van der Waals surface area contributed by atoms with Gasteiger partial charge in [-0.25, -0.2) is 15.0 Å². The van der Waals surface area contributed by atoms with Crippen molar-refractivity contribution in [2.75, 3.05) is 86.0 Å². The maximum absolute atomic E-state index is 6.14. The van der Waals surface area contributed by atoms with Crippen molar-refractivity contribution in [3.05, 3.63) is 128 Å². The van der Waals surface area contributed by atoms with Gasteiger partial charge in [0.1, 0.15) is 6.61 Å². The van der Waals surface area contributed by atoms with E-state index in [4.69, 9.17) is 14.7 Å². The van der Waals surface area contributed by atoms with Crippen molar-refractivity contribution in [2.45, 2.75) is 53.0 Å². The van der Waals surface area contributed by atoms with Gasteiger partial charge < -0.3 is 35.4 Å². The average Bonchev–Trinajstić information content (AvgIpc) is 3.24. The first kappa shape index (κ1) is 42.6. The number of aromatic nitrogens is 3. The summed E-state index contributed by atoms with van der Waals surface area (Å²) in [6, 6.07) is 24.3. The van der Waals surface area contributed by atoms with E-state index < -0.39 is 0 Å². The van der Waals surface area contributed by atoms with E-state index in [9.17, 15) is 0 Å². The minimum atomic E-state index is 0.0703. The number of rotatable bonds is 15. The summed E-state index contributed by atoms with van der Waals surface area (Å²) >= 11 is 0. The van der Waals surface area contributed by atoms with Crippen LogP contribution in [-0.4, -0.2) is 91.9 Å². The van der Waals surface area contributed by atoms with Crippen LogP contribution in [0.15, 0.2) is 116 Å². The first-order valence-electron chi connectivity index (χ1n) is 22.2. The number of allylic oxidation sites excluding steroid dienone is 1. The Morgan fingerprint density at radius 2 is 1.73 bits per heavy atom. The van der Waals surface area contributed by atoms with Crippen molar-refractivity contribution >= 4 is 39.6 Å². The number of hydrogen-bond acceptors (Lipinski definition) is 11. The summed E-state index contributed by atoms with van der Waals surface area (Å²) in [7, 11) is 2.18. The van der Waals surface area contributed by atoms with Crippen molar-refractivity contribution in [1.29, 1.82) is 0 Å². The number of pyridine rings is 1. The van der Waals surface area contributed by atoms with E-state index in [0.29, 0.717) is 30.9 Å². The molecule has 0 bridgehead atoms. The first-order valence-corrected chi connectivity index (χ1v) is 22.2. The molecule has 3 fully saturated rings. The number of nitrogens with one attached hydrogen (secondary N) is 3. The summed E-state index contributed by atoms with van der Waals surface area (Å²) in [4.78, 5) is 24.4. The summed E-state index contributed by atoms with van der Waals surface area (Å²) in [5.41, 5.74) is 12.3. The second kappa shape index (κ2) is 18.5. The van der Waals surface area contributed by atoms with Crippen LogP contribution in [-0.2, 0) is 6.42 Å². The molecule has 62 heavy (non-hydrogen) atoms. The molecule has 0 amide bonds. The van der Waals surface area contributed by atoms with Gasteiger partial charge in [0.25, 0.3) is 0 Å². The number of benzene rings is 3. The number of ether oxygens (including phenoxy) is 1. The zero-order valence-corrected chi connectivity index (χ0v) is 37.4. The van der Waals surface area contributed by atoms with Gasteiger partial charge in [0.05, 0.1) is 11.6 Å². The molecule has 3 aliphatic heterocycles. The smallest absolute Gasteiger partial charge is 0.227 e. The van der Waals surface area contributed by atoms with Gasteiger partial charge in [-0.15, -0.1) is 0 Å². The topological polar surface area (TPSA) is 96.9 Å². The molecule has 3 saturated heterocycles. The van der Waals surface area contributed by atoms with Crippen LogP contribution in [0.4, 0.5) is 28.7 Å². The van der Waals surface area contributed by atoms with Crippen LogP contribution in [0.5, 0.6) is 5.88 Å². The maximum atomic E-state index is 6.14. The molecule has 2 aromatic heterocycles. The number of anilines is 5.